The number of benzene rings is 1. The molecule has 92 valence electrons. The first-order chi connectivity index (χ1) is 8.15. The molecule has 1 unspecified atom stereocenters. The number of hydrazine groups is 1. The molecule has 0 aliphatic carbocycles. The number of halogens is 1. The molecule has 3 nitrogen and oxygen atoms in total. The molecule has 0 saturated carbocycles. The van der Waals surface area contributed by atoms with Crippen LogP contribution < -0.4 is 16.2 Å². The molecule has 0 bridgehead atoms. The van der Waals surface area contributed by atoms with Gasteiger partial charge < -0.3 is 16.2 Å². The highest BCUT2D eigenvalue weighted by Crippen LogP contribution is 2.15. The van der Waals surface area contributed by atoms with Crippen LogP contribution in [0.2, 0.25) is 0 Å². The maximum atomic E-state index is 12.7. The standard InChI is InChI=1S/C13H18FN3/c1-9-7-11(8-15-9)10(2)16-17-13-5-3-12(14)4-6-13/h3-6,9,15-17H,7-8H2,1-2H3. The summed E-state index contributed by atoms with van der Waals surface area (Å²) in [5.74, 6) is -0.223. The molecule has 1 saturated heterocycles. The Bertz CT molecular complexity index is 411. The minimum absolute atomic E-state index is 0.223. The SMILES string of the molecule is CC(NNc1ccc(F)cc1)=C1CNC(C)C1. The number of hydrogen-bond acceptors (Lipinski definition) is 3. The minimum Gasteiger partial charge on any atom is -0.310 e. The van der Waals surface area contributed by atoms with Crippen molar-refractivity contribution in [2.75, 3.05) is 12.0 Å². The van der Waals surface area contributed by atoms with Gasteiger partial charge in [-0.05, 0) is 50.1 Å². The Morgan fingerprint density at radius 2 is 2.06 bits per heavy atom. The third-order valence-electron chi connectivity index (χ3n) is 2.99. The van der Waals surface area contributed by atoms with Crippen molar-refractivity contribution >= 4 is 5.69 Å². The highest BCUT2D eigenvalue weighted by molar-refractivity contribution is 5.42. The molecule has 2 rings (SSSR count). The van der Waals surface area contributed by atoms with Crippen molar-refractivity contribution in [3.05, 3.63) is 41.4 Å². The van der Waals surface area contributed by atoms with Crippen LogP contribution in [-0.2, 0) is 0 Å². The highest BCUT2D eigenvalue weighted by atomic mass is 19.1. The summed E-state index contributed by atoms with van der Waals surface area (Å²) in [5.41, 5.74) is 9.57. The van der Waals surface area contributed by atoms with Crippen molar-refractivity contribution in [3.8, 4) is 0 Å². The molecule has 1 aromatic carbocycles. The Kier molecular flexibility index (Phi) is 3.64. The monoisotopic (exact) mass is 235 g/mol. The molecule has 4 heteroatoms. The van der Waals surface area contributed by atoms with Gasteiger partial charge in [-0.15, -0.1) is 0 Å². The molecule has 1 heterocycles. The molecule has 3 N–H and O–H groups in total. The average Bonchev–Trinajstić information content (AvgIpc) is 2.75. The number of hydrogen-bond donors (Lipinski definition) is 3. The first-order valence-electron chi connectivity index (χ1n) is 5.85. The van der Waals surface area contributed by atoms with Crippen LogP contribution in [0.4, 0.5) is 10.1 Å². The van der Waals surface area contributed by atoms with Gasteiger partial charge in [0.2, 0.25) is 0 Å². The fourth-order valence-corrected chi connectivity index (χ4v) is 1.88. The van der Waals surface area contributed by atoms with Crippen LogP contribution in [0.3, 0.4) is 0 Å². The molecule has 0 amide bonds. The van der Waals surface area contributed by atoms with Crippen LogP contribution in [0, 0.1) is 5.82 Å². The van der Waals surface area contributed by atoms with Crippen molar-refractivity contribution < 1.29 is 4.39 Å². The van der Waals surface area contributed by atoms with Gasteiger partial charge in [0.15, 0.2) is 0 Å². The molecule has 1 aliphatic heterocycles. The molecule has 1 aromatic rings. The molecule has 1 atom stereocenters. The first kappa shape index (κ1) is 11.9. The molecular formula is C13H18FN3. The lowest BCUT2D eigenvalue weighted by molar-refractivity contribution is 0.628. The van der Waals surface area contributed by atoms with Crippen molar-refractivity contribution in [1.29, 1.82) is 0 Å². The maximum Gasteiger partial charge on any atom is 0.123 e. The van der Waals surface area contributed by atoms with Gasteiger partial charge in [-0.3, -0.25) is 0 Å². The summed E-state index contributed by atoms with van der Waals surface area (Å²) in [6.45, 7) is 5.16. The Labute approximate surface area is 101 Å². The summed E-state index contributed by atoms with van der Waals surface area (Å²) in [6, 6.07) is 6.83. The van der Waals surface area contributed by atoms with E-state index in [0.717, 1.165) is 24.4 Å². The Hall–Kier alpha value is -1.55. The van der Waals surface area contributed by atoms with E-state index >= 15 is 0 Å². The van der Waals surface area contributed by atoms with Gasteiger partial charge in [0.1, 0.15) is 5.82 Å². The van der Waals surface area contributed by atoms with Gasteiger partial charge in [0.25, 0.3) is 0 Å². The predicted molar refractivity (Wildman–Crippen MR) is 67.9 cm³/mol. The Morgan fingerprint density at radius 3 is 2.65 bits per heavy atom. The average molecular weight is 235 g/mol. The van der Waals surface area contributed by atoms with E-state index in [1.807, 2.05) is 6.92 Å². The first-order valence-corrected chi connectivity index (χ1v) is 5.85. The van der Waals surface area contributed by atoms with E-state index in [0.29, 0.717) is 6.04 Å². The van der Waals surface area contributed by atoms with Crippen molar-refractivity contribution in [1.82, 2.24) is 10.7 Å². The second-order valence-electron chi connectivity index (χ2n) is 4.47. The van der Waals surface area contributed by atoms with Crippen LogP contribution in [-0.4, -0.2) is 12.6 Å². The lowest BCUT2D eigenvalue weighted by atomic mass is 10.1. The lowest BCUT2D eigenvalue weighted by Gasteiger charge is -2.12. The fraction of sp³-hybridized carbons (Fsp3) is 0.385. The van der Waals surface area contributed by atoms with Crippen molar-refractivity contribution in [2.45, 2.75) is 26.3 Å². The number of anilines is 1. The van der Waals surface area contributed by atoms with Gasteiger partial charge >= 0.3 is 0 Å². The molecule has 0 radical (unpaired) electrons. The second kappa shape index (κ2) is 5.19. The smallest absolute Gasteiger partial charge is 0.123 e. The zero-order chi connectivity index (χ0) is 12.3. The van der Waals surface area contributed by atoms with E-state index in [-0.39, 0.29) is 5.82 Å². The number of allylic oxidation sites excluding steroid dienone is 1. The molecular weight excluding hydrogens is 217 g/mol. The van der Waals surface area contributed by atoms with Crippen LogP contribution in [0.15, 0.2) is 35.5 Å². The summed E-state index contributed by atoms with van der Waals surface area (Å²) < 4.78 is 12.7. The van der Waals surface area contributed by atoms with Crippen molar-refractivity contribution in [2.24, 2.45) is 0 Å². The molecule has 0 aromatic heterocycles. The van der Waals surface area contributed by atoms with E-state index < -0.39 is 0 Å². The largest absolute Gasteiger partial charge is 0.310 e. The highest BCUT2D eigenvalue weighted by Gasteiger charge is 2.15. The van der Waals surface area contributed by atoms with E-state index in [1.165, 1.54) is 17.7 Å². The quantitative estimate of drug-likeness (QED) is 0.704. The van der Waals surface area contributed by atoms with Crippen LogP contribution in [0.25, 0.3) is 0 Å². The van der Waals surface area contributed by atoms with Crippen molar-refractivity contribution in [3.63, 3.8) is 0 Å². The summed E-state index contributed by atoms with van der Waals surface area (Å²) in [5, 5.41) is 3.38. The zero-order valence-electron chi connectivity index (χ0n) is 10.2. The van der Waals surface area contributed by atoms with Crippen LogP contribution in [0.5, 0.6) is 0 Å². The van der Waals surface area contributed by atoms with Gasteiger partial charge in [-0.25, -0.2) is 4.39 Å². The predicted octanol–water partition coefficient (Wildman–Crippen LogP) is 2.40. The number of nitrogens with one attached hydrogen (secondary N) is 3. The number of rotatable bonds is 3. The lowest BCUT2D eigenvalue weighted by Crippen LogP contribution is -2.21. The topological polar surface area (TPSA) is 36.1 Å². The molecule has 17 heavy (non-hydrogen) atoms. The van der Waals surface area contributed by atoms with Gasteiger partial charge in [0, 0.05) is 18.3 Å². The minimum atomic E-state index is -0.223. The van der Waals surface area contributed by atoms with Crippen LogP contribution in [0.1, 0.15) is 20.3 Å². The molecule has 0 spiro atoms. The third kappa shape index (κ3) is 3.20. The van der Waals surface area contributed by atoms with E-state index in [1.54, 1.807) is 12.1 Å². The van der Waals surface area contributed by atoms with E-state index in [4.69, 9.17) is 0 Å². The summed E-state index contributed by atoms with van der Waals surface area (Å²) >= 11 is 0. The van der Waals surface area contributed by atoms with E-state index in [2.05, 4.69) is 23.1 Å². The molecule has 1 fully saturated rings. The Balaban J connectivity index is 1.92. The third-order valence-corrected chi connectivity index (χ3v) is 2.99. The maximum absolute atomic E-state index is 12.7. The zero-order valence-corrected chi connectivity index (χ0v) is 10.2. The van der Waals surface area contributed by atoms with Gasteiger partial charge in [-0.2, -0.15) is 0 Å². The van der Waals surface area contributed by atoms with Gasteiger partial charge in [0.05, 0.1) is 5.69 Å². The normalized spacial score (nSPS) is 22.4. The molecule has 1 aliphatic rings. The Morgan fingerprint density at radius 1 is 1.35 bits per heavy atom. The second-order valence-corrected chi connectivity index (χ2v) is 4.47. The summed E-state index contributed by atoms with van der Waals surface area (Å²) in [6.07, 6.45) is 1.07. The van der Waals surface area contributed by atoms with Crippen LogP contribution >= 0.6 is 0 Å². The summed E-state index contributed by atoms with van der Waals surface area (Å²) in [7, 11) is 0. The summed E-state index contributed by atoms with van der Waals surface area (Å²) in [4.78, 5) is 0. The fourth-order valence-electron chi connectivity index (χ4n) is 1.88. The van der Waals surface area contributed by atoms with Gasteiger partial charge in [-0.1, -0.05) is 0 Å². The van der Waals surface area contributed by atoms with E-state index in [9.17, 15) is 4.39 Å².